The van der Waals surface area contributed by atoms with Crippen LogP contribution in [0.25, 0.3) is 12.2 Å². The molecule has 3 nitrogen and oxygen atoms in total. The fraction of sp³-hybridized carbons (Fsp3) is 0.0476. The summed E-state index contributed by atoms with van der Waals surface area (Å²) in [5, 5.41) is 29.5. The van der Waals surface area contributed by atoms with Crippen LogP contribution in [0.5, 0.6) is 17.2 Å². The molecule has 0 saturated heterocycles. The Labute approximate surface area is 154 Å². The Morgan fingerprint density at radius 1 is 0.800 bits per heavy atom. The molecule has 3 aromatic carbocycles. The van der Waals surface area contributed by atoms with Gasteiger partial charge in [0.2, 0.25) is 0 Å². The summed E-state index contributed by atoms with van der Waals surface area (Å²) >= 11 is 3.44. The number of benzene rings is 3. The van der Waals surface area contributed by atoms with Crippen LogP contribution in [0.15, 0.2) is 65.1 Å². The van der Waals surface area contributed by atoms with Crippen LogP contribution in [-0.2, 0) is 6.42 Å². The van der Waals surface area contributed by atoms with Crippen LogP contribution >= 0.6 is 15.9 Å². The first-order chi connectivity index (χ1) is 12.0. The Balaban J connectivity index is 1.96. The maximum Gasteiger partial charge on any atom is 0.123 e. The Kier molecular flexibility index (Phi) is 5.10. The predicted molar refractivity (Wildman–Crippen MR) is 104 cm³/mol. The lowest BCUT2D eigenvalue weighted by Gasteiger charge is -2.10. The molecule has 0 bridgehead atoms. The van der Waals surface area contributed by atoms with Gasteiger partial charge in [-0.2, -0.15) is 0 Å². The first-order valence-corrected chi connectivity index (χ1v) is 8.57. The Hall–Kier alpha value is -2.72. The molecule has 0 aliphatic heterocycles. The maximum atomic E-state index is 10.3. The zero-order chi connectivity index (χ0) is 17.8. The second kappa shape index (κ2) is 7.45. The van der Waals surface area contributed by atoms with Crippen molar-refractivity contribution < 1.29 is 15.3 Å². The lowest BCUT2D eigenvalue weighted by atomic mass is 9.97. The van der Waals surface area contributed by atoms with Crippen LogP contribution in [-0.4, -0.2) is 15.3 Å². The summed E-state index contributed by atoms with van der Waals surface area (Å²) in [6, 6.07) is 17.7. The third kappa shape index (κ3) is 4.43. The first-order valence-electron chi connectivity index (χ1n) is 7.78. The van der Waals surface area contributed by atoms with E-state index in [2.05, 4.69) is 15.9 Å². The largest absolute Gasteiger partial charge is 0.508 e. The molecule has 126 valence electrons. The van der Waals surface area contributed by atoms with Crippen LogP contribution < -0.4 is 0 Å². The van der Waals surface area contributed by atoms with E-state index in [0.29, 0.717) is 6.42 Å². The van der Waals surface area contributed by atoms with Crippen molar-refractivity contribution in [2.45, 2.75) is 6.42 Å². The van der Waals surface area contributed by atoms with Crippen LogP contribution in [0.2, 0.25) is 0 Å². The predicted octanol–water partition coefficient (Wildman–Crippen LogP) is 5.33. The molecule has 0 aliphatic carbocycles. The fourth-order valence-corrected chi connectivity index (χ4v) is 3.04. The van der Waals surface area contributed by atoms with Crippen molar-refractivity contribution in [2.75, 3.05) is 0 Å². The minimum absolute atomic E-state index is 0.0147. The minimum Gasteiger partial charge on any atom is -0.508 e. The molecular formula is C21H17BrO3. The highest BCUT2D eigenvalue weighted by atomic mass is 79.9. The van der Waals surface area contributed by atoms with Gasteiger partial charge < -0.3 is 15.3 Å². The van der Waals surface area contributed by atoms with Crippen molar-refractivity contribution in [1.82, 2.24) is 0 Å². The van der Waals surface area contributed by atoms with Crippen LogP contribution in [0.3, 0.4) is 0 Å². The van der Waals surface area contributed by atoms with Gasteiger partial charge in [-0.1, -0.05) is 52.3 Å². The highest BCUT2D eigenvalue weighted by Crippen LogP contribution is 2.31. The molecule has 0 atom stereocenters. The number of halogens is 1. The van der Waals surface area contributed by atoms with E-state index in [-0.39, 0.29) is 17.2 Å². The summed E-state index contributed by atoms with van der Waals surface area (Å²) in [6.45, 7) is 0. The monoisotopic (exact) mass is 396 g/mol. The average molecular weight is 397 g/mol. The van der Waals surface area contributed by atoms with Gasteiger partial charge in [-0.25, -0.2) is 0 Å². The summed E-state index contributed by atoms with van der Waals surface area (Å²) in [4.78, 5) is 0. The Morgan fingerprint density at radius 3 is 2.28 bits per heavy atom. The third-order valence-electron chi connectivity index (χ3n) is 3.87. The molecule has 0 spiro atoms. The van der Waals surface area contributed by atoms with Crippen molar-refractivity contribution in [3.05, 3.63) is 87.4 Å². The SMILES string of the molecule is Oc1ccc(Cc2c(O)cc(O)cc2/C=C/c2cccc(Br)c2)cc1. The molecule has 25 heavy (non-hydrogen) atoms. The van der Waals surface area contributed by atoms with Gasteiger partial charge in [-0.15, -0.1) is 0 Å². The smallest absolute Gasteiger partial charge is 0.123 e. The molecule has 0 aromatic heterocycles. The fourth-order valence-electron chi connectivity index (χ4n) is 2.62. The number of phenolic OH excluding ortho intramolecular Hbond substituents is 3. The zero-order valence-electron chi connectivity index (χ0n) is 13.4. The summed E-state index contributed by atoms with van der Waals surface area (Å²) < 4.78 is 0.984. The summed E-state index contributed by atoms with van der Waals surface area (Å²) in [5.74, 6) is 0.260. The third-order valence-corrected chi connectivity index (χ3v) is 4.36. The number of hydrogen-bond donors (Lipinski definition) is 3. The molecule has 0 aliphatic rings. The normalized spacial score (nSPS) is 11.1. The molecule has 0 saturated carbocycles. The van der Waals surface area contributed by atoms with Crippen molar-refractivity contribution >= 4 is 28.1 Å². The van der Waals surface area contributed by atoms with E-state index >= 15 is 0 Å². The number of rotatable bonds is 4. The lowest BCUT2D eigenvalue weighted by molar-refractivity contribution is 0.446. The number of phenols is 3. The second-order valence-corrected chi connectivity index (χ2v) is 6.68. The zero-order valence-corrected chi connectivity index (χ0v) is 14.9. The standard InChI is InChI=1S/C21H17BrO3/c22-17-3-1-2-14(10-17)4-7-16-12-19(24)13-21(25)20(16)11-15-5-8-18(23)9-6-15/h1-10,12-13,23-25H,11H2/b7-4+. The Bertz CT molecular complexity index is 915. The highest BCUT2D eigenvalue weighted by molar-refractivity contribution is 9.10. The first kappa shape index (κ1) is 17.1. The van der Waals surface area contributed by atoms with Gasteiger partial charge in [0.1, 0.15) is 17.2 Å². The molecular weight excluding hydrogens is 380 g/mol. The molecule has 3 rings (SSSR count). The van der Waals surface area contributed by atoms with Gasteiger partial charge in [0.15, 0.2) is 0 Å². The van der Waals surface area contributed by atoms with E-state index in [0.717, 1.165) is 26.7 Å². The second-order valence-electron chi connectivity index (χ2n) is 5.76. The van der Waals surface area contributed by atoms with Crippen LogP contribution in [0.4, 0.5) is 0 Å². The van der Waals surface area contributed by atoms with Gasteiger partial charge >= 0.3 is 0 Å². The summed E-state index contributed by atoms with van der Waals surface area (Å²) in [5.41, 5.74) is 3.42. The van der Waals surface area contributed by atoms with Crippen molar-refractivity contribution in [2.24, 2.45) is 0 Å². The summed E-state index contributed by atoms with van der Waals surface area (Å²) in [6.07, 6.45) is 4.29. The van der Waals surface area contributed by atoms with Crippen molar-refractivity contribution in [1.29, 1.82) is 0 Å². The molecule has 3 aromatic rings. The minimum atomic E-state index is 0.0147. The van der Waals surface area contributed by atoms with E-state index in [1.54, 1.807) is 18.2 Å². The van der Waals surface area contributed by atoms with E-state index in [9.17, 15) is 15.3 Å². The van der Waals surface area contributed by atoms with Gasteiger partial charge in [-0.05, 0) is 47.0 Å². The number of aromatic hydroxyl groups is 3. The van der Waals surface area contributed by atoms with E-state index in [1.165, 1.54) is 6.07 Å². The maximum absolute atomic E-state index is 10.3. The molecule has 0 unspecified atom stereocenters. The quantitative estimate of drug-likeness (QED) is 0.522. The molecule has 0 heterocycles. The van der Waals surface area contributed by atoms with Crippen molar-refractivity contribution in [3.63, 3.8) is 0 Å². The number of hydrogen-bond acceptors (Lipinski definition) is 3. The van der Waals surface area contributed by atoms with Crippen LogP contribution in [0.1, 0.15) is 22.3 Å². The average Bonchev–Trinajstić information content (AvgIpc) is 2.57. The lowest BCUT2D eigenvalue weighted by Crippen LogP contribution is -1.93. The van der Waals surface area contributed by atoms with E-state index in [4.69, 9.17) is 0 Å². The van der Waals surface area contributed by atoms with E-state index < -0.39 is 0 Å². The molecule has 0 radical (unpaired) electrons. The molecule has 0 amide bonds. The molecule has 3 N–H and O–H groups in total. The van der Waals surface area contributed by atoms with Gasteiger partial charge in [-0.3, -0.25) is 0 Å². The highest BCUT2D eigenvalue weighted by Gasteiger charge is 2.10. The van der Waals surface area contributed by atoms with E-state index in [1.807, 2.05) is 48.6 Å². The van der Waals surface area contributed by atoms with Gasteiger partial charge in [0, 0.05) is 22.5 Å². The van der Waals surface area contributed by atoms with Gasteiger partial charge in [0.05, 0.1) is 0 Å². The molecule has 4 heteroatoms. The topological polar surface area (TPSA) is 60.7 Å². The van der Waals surface area contributed by atoms with Crippen molar-refractivity contribution in [3.8, 4) is 17.2 Å². The Morgan fingerprint density at radius 2 is 1.56 bits per heavy atom. The van der Waals surface area contributed by atoms with Crippen LogP contribution in [0, 0.1) is 0 Å². The molecule has 0 fully saturated rings. The summed E-state index contributed by atoms with van der Waals surface area (Å²) in [7, 11) is 0. The van der Waals surface area contributed by atoms with Gasteiger partial charge in [0.25, 0.3) is 0 Å².